The number of hydrogen-bond acceptors (Lipinski definition) is 3. The molecule has 4 nitrogen and oxygen atoms in total. The summed E-state index contributed by atoms with van der Waals surface area (Å²) < 4.78 is 5.18. The van der Waals surface area contributed by atoms with Crippen LogP contribution in [0, 0.1) is 5.92 Å². The predicted molar refractivity (Wildman–Crippen MR) is 71.7 cm³/mol. The first kappa shape index (κ1) is 12.5. The number of amides is 1. The van der Waals surface area contributed by atoms with Crippen molar-refractivity contribution in [1.82, 2.24) is 9.88 Å². The Morgan fingerprint density at radius 1 is 1.53 bits per heavy atom. The molecule has 3 atom stereocenters. The minimum absolute atomic E-state index is 0.122. The van der Waals surface area contributed by atoms with Crippen molar-refractivity contribution in [3.05, 3.63) is 30.1 Å². The molecule has 3 rings (SSSR count). The largest absolute Gasteiger partial charge is 0.450 e. The third-order valence-corrected chi connectivity index (χ3v) is 4.36. The van der Waals surface area contributed by atoms with E-state index >= 15 is 0 Å². The van der Waals surface area contributed by atoms with Gasteiger partial charge >= 0.3 is 6.09 Å². The van der Waals surface area contributed by atoms with Gasteiger partial charge in [-0.1, -0.05) is 6.07 Å². The van der Waals surface area contributed by atoms with E-state index in [9.17, 15) is 4.79 Å². The maximum Gasteiger partial charge on any atom is 0.410 e. The van der Waals surface area contributed by atoms with Crippen LogP contribution < -0.4 is 0 Å². The van der Waals surface area contributed by atoms with Crippen molar-refractivity contribution in [2.24, 2.45) is 5.92 Å². The summed E-state index contributed by atoms with van der Waals surface area (Å²) in [4.78, 5) is 18.2. The van der Waals surface area contributed by atoms with Gasteiger partial charge in [0.25, 0.3) is 0 Å². The van der Waals surface area contributed by atoms with Gasteiger partial charge in [-0.2, -0.15) is 0 Å². The molecule has 0 spiro atoms. The Kier molecular flexibility index (Phi) is 3.40. The molecule has 4 heteroatoms. The lowest BCUT2D eigenvalue weighted by molar-refractivity contribution is 0.0990. The Balaban J connectivity index is 1.69. The number of carbonyl (C=O) groups is 1. The van der Waals surface area contributed by atoms with E-state index in [1.165, 1.54) is 5.56 Å². The highest BCUT2D eigenvalue weighted by molar-refractivity contribution is 5.69. The van der Waals surface area contributed by atoms with E-state index < -0.39 is 0 Å². The van der Waals surface area contributed by atoms with Crippen LogP contribution in [-0.2, 0) is 11.2 Å². The van der Waals surface area contributed by atoms with Crippen LogP contribution in [0.2, 0.25) is 0 Å². The lowest BCUT2D eigenvalue weighted by Crippen LogP contribution is -2.37. The maximum absolute atomic E-state index is 12.0. The second kappa shape index (κ2) is 5.19. The summed E-state index contributed by atoms with van der Waals surface area (Å²) in [6.45, 7) is 2.32. The van der Waals surface area contributed by atoms with E-state index in [4.69, 9.17) is 4.74 Å². The number of carbonyl (C=O) groups excluding carboxylic acids is 1. The van der Waals surface area contributed by atoms with Gasteiger partial charge in [0, 0.05) is 24.5 Å². The average molecular weight is 260 g/mol. The van der Waals surface area contributed by atoms with Gasteiger partial charge in [0.2, 0.25) is 0 Å². The molecular formula is C15H20N2O2. The topological polar surface area (TPSA) is 42.4 Å². The Hall–Kier alpha value is -1.58. The number of aromatic nitrogens is 1. The minimum Gasteiger partial charge on any atom is -0.450 e. The molecule has 2 fully saturated rings. The monoisotopic (exact) mass is 260 g/mol. The van der Waals surface area contributed by atoms with Crippen molar-refractivity contribution in [3.63, 3.8) is 0 Å². The maximum atomic E-state index is 12.0. The molecule has 0 saturated carbocycles. The van der Waals surface area contributed by atoms with Gasteiger partial charge in [-0.25, -0.2) is 4.79 Å². The summed E-state index contributed by atoms with van der Waals surface area (Å²) in [6.07, 6.45) is 7.99. The molecule has 1 aromatic rings. The van der Waals surface area contributed by atoms with E-state index in [0.29, 0.717) is 24.6 Å². The van der Waals surface area contributed by atoms with E-state index in [2.05, 4.69) is 11.1 Å². The number of nitrogens with zero attached hydrogens (tertiary/aromatic N) is 2. The van der Waals surface area contributed by atoms with Crippen molar-refractivity contribution in [1.29, 1.82) is 0 Å². The van der Waals surface area contributed by atoms with Crippen molar-refractivity contribution < 1.29 is 9.53 Å². The molecule has 2 saturated heterocycles. The van der Waals surface area contributed by atoms with Gasteiger partial charge in [-0.15, -0.1) is 0 Å². The average Bonchev–Trinajstić information content (AvgIpc) is 2.97. The van der Waals surface area contributed by atoms with Gasteiger partial charge in [0.05, 0.1) is 6.61 Å². The fourth-order valence-electron chi connectivity index (χ4n) is 3.64. The zero-order valence-corrected chi connectivity index (χ0v) is 11.3. The Labute approximate surface area is 113 Å². The van der Waals surface area contributed by atoms with Crippen LogP contribution in [0.3, 0.4) is 0 Å². The van der Waals surface area contributed by atoms with Gasteiger partial charge in [-0.3, -0.25) is 4.98 Å². The quantitative estimate of drug-likeness (QED) is 0.839. The van der Waals surface area contributed by atoms with Crippen LogP contribution in [0.1, 0.15) is 31.7 Å². The summed E-state index contributed by atoms with van der Waals surface area (Å²) in [6, 6.07) is 4.86. The van der Waals surface area contributed by atoms with Crippen LogP contribution in [0.15, 0.2) is 24.5 Å². The van der Waals surface area contributed by atoms with Crippen molar-refractivity contribution in [2.45, 2.75) is 44.7 Å². The Morgan fingerprint density at radius 3 is 3.16 bits per heavy atom. The molecule has 19 heavy (non-hydrogen) atoms. The van der Waals surface area contributed by atoms with Gasteiger partial charge in [0.1, 0.15) is 0 Å². The molecule has 2 aliphatic heterocycles. The van der Waals surface area contributed by atoms with Crippen molar-refractivity contribution in [3.8, 4) is 0 Å². The molecular weight excluding hydrogens is 240 g/mol. The highest BCUT2D eigenvalue weighted by Crippen LogP contribution is 2.43. The lowest BCUT2D eigenvalue weighted by Gasteiger charge is -2.23. The van der Waals surface area contributed by atoms with E-state index in [-0.39, 0.29) is 6.09 Å². The number of ether oxygens (including phenoxy) is 1. The smallest absolute Gasteiger partial charge is 0.410 e. The first-order chi connectivity index (χ1) is 9.29. The Bertz CT molecular complexity index is 449. The third-order valence-electron chi connectivity index (χ3n) is 4.36. The predicted octanol–water partition coefficient (Wildman–Crippen LogP) is 2.63. The standard InChI is InChI=1S/C15H20N2O2/c1-2-19-15(18)17-13-5-6-14(17)12(9-13)8-11-4-3-7-16-10-11/h3-4,7,10,12-14H,2,5-6,8-9H2,1H3. The zero-order valence-electron chi connectivity index (χ0n) is 11.3. The highest BCUT2D eigenvalue weighted by Gasteiger charge is 2.48. The van der Waals surface area contributed by atoms with Crippen molar-refractivity contribution in [2.75, 3.05) is 6.61 Å². The molecule has 3 unspecified atom stereocenters. The fraction of sp³-hybridized carbons (Fsp3) is 0.600. The van der Waals surface area contributed by atoms with Crippen LogP contribution >= 0.6 is 0 Å². The van der Waals surface area contributed by atoms with Crippen LogP contribution in [0.25, 0.3) is 0 Å². The summed E-state index contributed by atoms with van der Waals surface area (Å²) in [5, 5.41) is 0. The first-order valence-electron chi connectivity index (χ1n) is 7.13. The van der Waals surface area contributed by atoms with Crippen LogP contribution in [0.5, 0.6) is 0 Å². The lowest BCUT2D eigenvalue weighted by atomic mass is 9.85. The molecule has 102 valence electrons. The summed E-state index contributed by atoms with van der Waals surface area (Å²) >= 11 is 0. The normalized spacial score (nSPS) is 28.7. The van der Waals surface area contributed by atoms with Crippen molar-refractivity contribution >= 4 is 6.09 Å². The highest BCUT2D eigenvalue weighted by atomic mass is 16.6. The SMILES string of the molecule is CCOC(=O)N1C2CCC1C(Cc1cccnc1)C2. The molecule has 1 amide bonds. The number of fused-ring (bicyclic) bond motifs is 2. The first-order valence-corrected chi connectivity index (χ1v) is 7.13. The number of pyridine rings is 1. The Morgan fingerprint density at radius 2 is 2.42 bits per heavy atom. The molecule has 3 heterocycles. The zero-order chi connectivity index (χ0) is 13.2. The summed E-state index contributed by atoms with van der Waals surface area (Å²) in [5.74, 6) is 0.562. The van der Waals surface area contributed by atoms with E-state index in [1.807, 2.05) is 24.1 Å². The second-order valence-corrected chi connectivity index (χ2v) is 5.47. The fourth-order valence-corrected chi connectivity index (χ4v) is 3.64. The molecule has 0 aromatic carbocycles. The van der Waals surface area contributed by atoms with Gasteiger partial charge in [0.15, 0.2) is 0 Å². The summed E-state index contributed by atoms with van der Waals surface area (Å²) in [5.41, 5.74) is 1.27. The number of hydrogen-bond donors (Lipinski definition) is 0. The molecule has 2 bridgehead atoms. The molecule has 1 aromatic heterocycles. The van der Waals surface area contributed by atoms with E-state index in [0.717, 1.165) is 25.7 Å². The second-order valence-electron chi connectivity index (χ2n) is 5.47. The van der Waals surface area contributed by atoms with Crippen LogP contribution in [-0.4, -0.2) is 34.7 Å². The van der Waals surface area contributed by atoms with Gasteiger partial charge in [-0.05, 0) is 50.2 Å². The molecule has 0 aliphatic carbocycles. The minimum atomic E-state index is -0.122. The van der Waals surface area contributed by atoms with Gasteiger partial charge < -0.3 is 9.64 Å². The molecule has 0 radical (unpaired) electrons. The number of rotatable bonds is 3. The van der Waals surface area contributed by atoms with E-state index in [1.54, 1.807) is 6.20 Å². The van der Waals surface area contributed by atoms with Crippen LogP contribution in [0.4, 0.5) is 4.79 Å². The molecule has 0 N–H and O–H groups in total. The third kappa shape index (κ3) is 2.31. The summed E-state index contributed by atoms with van der Waals surface area (Å²) in [7, 11) is 0. The molecule has 2 aliphatic rings.